The van der Waals surface area contributed by atoms with Crippen molar-refractivity contribution in [3.63, 3.8) is 0 Å². The highest BCUT2D eigenvalue weighted by molar-refractivity contribution is 5.42. The Hall–Kier alpha value is -1.22. The lowest BCUT2D eigenvalue weighted by Gasteiger charge is -2.14. The summed E-state index contributed by atoms with van der Waals surface area (Å²) in [4.78, 5) is 2.18. The zero-order chi connectivity index (χ0) is 12.0. The van der Waals surface area contributed by atoms with Crippen molar-refractivity contribution in [2.45, 2.75) is 6.42 Å². The number of ether oxygens (including phenoxy) is 2. The topological polar surface area (TPSA) is 21.7 Å². The van der Waals surface area contributed by atoms with Crippen molar-refractivity contribution >= 4 is 0 Å². The molecule has 0 aliphatic heterocycles. The van der Waals surface area contributed by atoms with Crippen LogP contribution in [0.15, 0.2) is 18.2 Å². The molecule has 0 amide bonds. The van der Waals surface area contributed by atoms with E-state index in [1.807, 2.05) is 12.1 Å². The lowest BCUT2D eigenvalue weighted by atomic mass is 10.1. The quantitative estimate of drug-likeness (QED) is 0.735. The van der Waals surface area contributed by atoms with Gasteiger partial charge in [-0.2, -0.15) is 0 Å². The second-order valence-electron chi connectivity index (χ2n) is 3.74. The third kappa shape index (κ3) is 3.42. The van der Waals surface area contributed by atoms with E-state index in [4.69, 9.17) is 9.47 Å². The summed E-state index contributed by atoms with van der Waals surface area (Å²) in [7, 11) is 5.37. The number of methoxy groups -OCH3 is 2. The number of hydrogen-bond donors (Lipinski definition) is 0. The second-order valence-corrected chi connectivity index (χ2v) is 3.74. The number of likely N-dealkylation sites (N-methyl/N-ethyl adjacent to an activating group) is 1. The van der Waals surface area contributed by atoms with Gasteiger partial charge < -0.3 is 14.4 Å². The molecule has 0 aliphatic rings. The first-order valence-corrected chi connectivity index (χ1v) is 5.40. The van der Waals surface area contributed by atoms with Crippen molar-refractivity contribution < 1.29 is 9.47 Å². The van der Waals surface area contributed by atoms with Crippen LogP contribution in [0.1, 0.15) is 5.56 Å². The van der Waals surface area contributed by atoms with Gasteiger partial charge in [-0.25, -0.2) is 0 Å². The van der Waals surface area contributed by atoms with E-state index in [1.165, 1.54) is 5.56 Å². The van der Waals surface area contributed by atoms with Gasteiger partial charge in [-0.3, -0.25) is 0 Å². The minimum absolute atomic E-state index is 0.775. The number of hydrogen-bond acceptors (Lipinski definition) is 3. The summed E-state index contributed by atoms with van der Waals surface area (Å²) in [6, 6.07) is 6.03. The highest BCUT2D eigenvalue weighted by Gasteiger charge is 2.04. The molecule has 1 radical (unpaired) electrons. The Bertz CT molecular complexity index is 326. The van der Waals surface area contributed by atoms with Crippen LogP contribution in [-0.2, 0) is 6.42 Å². The van der Waals surface area contributed by atoms with Gasteiger partial charge >= 0.3 is 0 Å². The number of nitrogens with zero attached hydrogens (tertiary/aromatic N) is 1. The van der Waals surface area contributed by atoms with E-state index in [-0.39, 0.29) is 0 Å². The molecule has 0 spiro atoms. The van der Waals surface area contributed by atoms with E-state index in [0.717, 1.165) is 31.0 Å². The van der Waals surface area contributed by atoms with Crippen molar-refractivity contribution in [3.05, 3.63) is 30.7 Å². The molecule has 1 aromatic carbocycles. The molecule has 1 aromatic rings. The molecule has 0 aromatic heterocycles. The maximum absolute atomic E-state index is 5.26. The molecule has 0 N–H and O–H groups in total. The molecule has 3 heteroatoms. The van der Waals surface area contributed by atoms with Gasteiger partial charge in [-0.05, 0) is 44.6 Å². The van der Waals surface area contributed by atoms with E-state index in [2.05, 4.69) is 24.9 Å². The summed E-state index contributed by atoms with van der Waals surface area (Å²) in [5.41, 5.74) is 1.25. The average molecular weight is 222 g/mol. The van der Waals surface area contributed by atoms with Crippen LogP contribution in [0.25, 0.3) is 0 Å². The van der Waals surface area contributed by atoms with Crippen LogP contribution in [-0.4, -0.2) is 39.3 Å². The van der Waals surface area contributed by atoms with Gasteiger partial charge in [-0.15, -0.1) is 0 Å². The van der Waals surface area contributed by atoms with E-state index >= 15 is 0 Å². The number of rotatable bonds is 6. The molecule has 0 saturated carbocycles. The van der Waals surface area contributed by atoms with Crippen molar-refractivity contribution in [1.82, 2.24) is 4.90 Å². The van der Waals surface area contributed by atoms with Crippen LogP contribution in [0, 0.1) is 6.92 Å². The lowest BCUT2D eigenvalue weighted by molar-refractivity contribution is 0.353. The zero-order valence-electron chi connectivity index (χ0n) is 10.3. The Balaban J connectivity index is 2.67. The predicted octanol–water partition coefficient (Wildman–Crippen LogP) is 2.01. The summed E-state index contributed by atoms with van der Waals surface area (Å²) >= 11 is 0. The number of benzene rings is 1. The Morgan fingerprint density at radius 3 is 2.44 bits per heavy atom. The van der Waals surface area contributed by atoms with Gasteiger partial charge in [0, 0.05) is 6.54 Å². The van der Waals surface area contributed by atoms with Gasteiger partial charge in [0.1, 0.15) is 0 Å². The summed E-state index contributed by atoms with van der Waals surface area (Å²) in [6.45, 7) is 5.67. The summed E-state index contributed by atoms with van der Waals surface area (Å²) < 4.78 is 10.5. The highest BCUT2D eigenvalue weighted by atomic mass is 16.5. The van der Waals surface area contributed by atoms with Crippen LogP contribution in [0.5, 0.6) is 11.5 Å². The first kappa shape index (κ1) is 12.8. The van der Waals surface area contributed by atoms with Gasteiger partial charge in [0.2, 0.25) is 0 Å². The smallest absolute Gasteiger partial charge is 0.160 e. The Morgan fingerprint density at radius 2 is 1.88 bits per heavy atom. The van der Waals surface area contributed by atoms with Gasteiger partial charge in [0.25, 0.3) is 0 Å². The molecule has 89 valence electrons. The third-order valence-corrected chi connectivity index (χ3v) is 2.61. The fourth-order valence-electron chi connectivity index (χ4n) is 1.47. The van der Waals surface area contributed by atoms with Crippen LogP contribution >= 0.6 is 0 Å². The normalized spacial score (nSPS) is 10.6. The molecule has 0 heterocycles. The molecule has 0 bridgehead atoms. The molecule has 1 rings (SSSR count). The summed E-state index contributed by atoms with van der Waals surface area (Å²) in [5.74, 6) is 1.56. The molecular formula is C13H20NO2. The largest absolute Gasteiger partial charge is 0.493 e. The zero-order valence-corrected chi connectivity index (χ0v) is 10.3. The average Bonchev–Trinajstić information content (AvgIpc) is 2.35. The van der Waals surface area contributed by atoms with Crippen molar-refractivity contribution in [2.75, 3.05) is 34.4 Å². The minimum atomic E-state index is 0.775. The molecule has 0 saturated heterocycles. The van der Waals surface area contributed by atoms with E-state index in [9.17, 15) is 0 Å². The van der Waals surface area contributed by atoms with Crippen LogP contribution in [0.2, 0.25) is 0 Å². The monoisotopic (exact) mass is 222 g/mol. The molecule has 0 fully saturated rings. The Morgan fingerprint density at radius 1 is 1.19 bits per heavy atom. The van der Waals surface area contributed by atoms with Gasteiger partial charge in [0.15, 0.2) is 11.5 Å². The molecule has 0 atom stereocenters. The second kappa shape index (κ2) is 6.38. The van der Waals surface area contributed by atoms with Crippen molar-refractivity contribution in [2.24, 2.45) is 0 Å². The minimum Gasteiger partial charge on any atom is -0.493 e. The third-order valence-electron chi connectivity index (χ3n) is 2.61. The molecule has 0 unspecified atom stereocenters. The maximum Gasteiger partial charge on any atom is 0.160 e. The van der Waals surface area contributed by atoms with Crippen LogP contribution in [0.4, 0.5) is 0 Å². The van der Waals surface area contributed by atoms with Gasteiger partial charge in [-0.1, -0.05) is 6.07 Å². The predicted molar refractivity (Wildman–Crippen MR) is 66.1 cm³/mol. The maximum atomic E-state index is 5.26. The van der Waals surface area contributed by atoms with Crippen LogP contribution in [0.3, 0.4) is 0 Å². The van der Waals surface area contributed by atoms with Crippen molar-refractivity contribution in [3.8, 4) is 11.5 Å². The van der Waals surface area contributed by atoms with Crippen LogP contribution < -0.4 is 9.47 Å². The molecule has 16 heavy (non-hydrogen) atoms. The summed E-state index contributed by atoms with van der Waals surface area (Å²) in [6.07, 6.45) is 0.992. The summed E-state index contributed by atoms with van der Waals surface area (Å²) in [5, 5.41) is 0. The fourth-order valence-corrected chi connectivity index (χ4v) is 1.47. The Labute approximate surface area is 98.0 Å². The first-order valence-electron chi connectivity index (χ1n) is 5.40. The lowest BCUT2D eigenvalue weighted by Crippen LogP contribution is -2.20. The van der Waals surface area contributed by atoms with Crippen molar-refractivity contribution in [1.29, 1.82) is 0 Å². The molecule has 3 nitrogen and oxygen atoms in total. The first-order chi connectivity index (χ1) is 7.71. The molecular weight excluding hydrogens is 202 g/mol. The fraction of sp³-hybridized carbons (Fsp3) is 0.462. The van der Waals surface area contributed by atoms with E-state index in [1.54, 1.807) is 14.2 Å². The highest BCUT2D eigenvalue weighted by Crippen LogP contribution is 2.27. The van der Waals surface area contributed by atoms with E-state index in [0.29, 0.717) is 0 Å². The standard InChI is InChI=1S/C13H20NO2/c1-5-14(2)9-8-11-6-7-12(15-3)13(10-11)16-4/h6-7,10H,1,5,8-9H2,2-4H3. The van der Waals surface area contributed by atoms with E-state index < -0.39 is 0 Å². The SMILES string of the molecule is [CH2]CN(C)CCc1ccc(OC)c(OC)c1. The molecule has 0 aliphatic carbocycles. The van der Waals surface area contributed by atoms with Gasteiger partial charge in [0.05, 0.1) is 14.2 Å². The Kier molecular flexibility index (Phi) is 5.12.